The highest BCUT2D eigenvalue weighted by Crippen LogP contribution is 2.22. The van der Waals surface area contributed by atoms with Crippen LogP contribution in [-0.4, -0.2) is 51.5 Å². The van der Waals surface area contributed by atoms with Crippen molar-refractivity contribution in [3.8, 4) is 0 Å². The van der Waals surface area contributed by atoms with Gasteiger partial charge in [0.25, 0.3) is 0 Å². The van der Waals surface area contributed by atoms with Gasteiger partial charge in [0.2, 0.25) is 5.91 Å². The number of aliphatic hydroxyl groups is 1. The fourth-order valence-electron chi connectivity index (χ4n) is 3.94. The highest BCUT2D eigenvalue weighted by Gasteiger charge is 2.44. The monoisotopic (exact) mass is 411 g/mol. The fraction of sp³-hybridized carbons (Fsp3) is 0.391. The Kier molecular flexibility index (Phi) is 7.43. The number of nitrogens with zero attached hydrogens (tertiary/aromatic N) is 1. The quantitative estimate of drug-likeness (QED) is 0.507. The molecule has 1 fully saturated rings. The lowest BCUT2D eigenvalue weighted by molar-refractivity contribution is -0.133. The summed E-state index contributed by atoms with van der Waals surface area (Å²) in [7, 11) is 0. The molecule has 2 aromatic rings. The van der Waals surface area contributed by atoms with Crippen LogP contribution in [0.1, 0.15) is 30.9 Å². The molecule has 4 atom stereocenters. The lowest BCUT2D eigenvalue weighted by atomic mass is 9.96. The van der Waals surface area contributed by atoms with Gasteiger partial charge < -0.3 is 20.4 Å². The Morgan fingerprint density at radius 2 is 1.70 bits per heavy atom. The summed E-state index contributed by atoms with van der Waals surface area (Å²) in [6.45, 7) is 2.48. The van der Waals surface area contributed by atoms with Gasteiger partial charge in [-0.05, 0) is 24.0 Å². The Bertz CT molecular complexity index is 831. The minimum absolute atomic E-state index is 0.204. The summed E-state index contributed by atoms with van der Waals surface area (Å²) in [6, 6.07) is 17.4. The molecule has 4 N–H and O–H groups in total. The Morgan fingerprint density at radius 3 is 2.27 bits per heavy atom. The normalized spacial score (nSPS) is 20.7. The Hall–Kier alpha value is -2.90. The van der Waals surface area contributed by atoms with Crippen LogP contribution in [0.15, 0.2) is 60.7 Å². The second kappa shape index (κ2) is 10.2. The van der Waals surface area contributed by atoms with Crippen LogP contribution in [0.4, 0.5) is 4.79 Å². The van der Waals surface area contributed by atoms with Crippen molar-refractivity contribution >= 4 is 12.0 Å². The highest BCUT2D eigenvalue weighted by molar-refractivity contribution is 5.85. The summed E-state index contributed by atoms with van der Waals surface area (Å²) in [4.78, 5) is 26.3. The van der Waals surface area contributed by atoms with E-state index in [0.717, 1.165) is 24.0 Å². The molecule has 0 radical (unpaired) electrons. The maximum atomic E-state index is 13.2. The number of carbonyl (C=O) groups excluding carboxylic acids is 1. The van der Waals surface area contributed by atoms with Gasteiger partial charge in [-0.25, -0.2) is 4.79 Å². The van der Waals surface area contributed by atoms with Crippen molar-refractivity contribution in [2.75, 3.05) is 0 Å². The van der Waals surface area contributed by atoms with E-state index in [4.69, 9.17) is 0 Å². The van der Waals surface area contributed by atoms with Gasteiger partial charge in [-0.1, -0.05) is 74.0 Å². The molecule has 0 saturated carbocycles. The topological polar surface area (TPSA) is 102 Å². The van der Waals surface area contributed by atoms with E-state index in [1.807, 2.05) is 67.6 Å². The molecule has 1 saturated heterocycles. The van der Waals surface area contributed by atoms with Crippen molar-refractivity contribution in [1.82, 2.24) is 15.5 Å². The zero-order valence-electron chi connectivity index (χ0n) is 17.1. The number of benzene rings is 2. The molecule has 1 aliphatic rings. The molecule has 2 amide bonds. The van der Waals surface area contributed by atoms with Gasteiger partial charge in [0.05, 0.1) is 18.3 Å². The number of hydrogen-bond acceptors (Lipinski definition) is 4. The first-order valence-electron chi connectivity index (χ1n) is 10.3. The van der Waals surface area contributed by atoms with Crippen LogP contribution in [0.25, 0.3) is 0 Å². The molecule has 7 nitrogen and oxygen atoms in total. The molecule has 2 aromatic carbocycles. The fourth-order valence-corrected chi connectivity index (χ4v) is 3.94. The molecule has 160 valence electrons. The first-order valence-corrected chi connectivity index (χ1v) is 10.3. The maximum Gasteiger partial charge on any atom is 0.404 e. The molecule has 0 aliphatic carbocycles. The molecule has 3 rings (SSSR count). The molecule has 0 aromatic heterocycles. The van der Waals surface area contributed by atoms with Gasteiger partial charge in [0.15, 0.2) is 0 Å². The smallest absolute Gasteiger partial charge is 0.404 e. The van der Waals surface area contributed by atoms with E-state index >= 15 is 0 Å². The van der Waals surface area contributed by atoms with Crippen LogP contribution in [0, 0.1) is 0 Å². The number of carboxylic acid groups (broad SMARTS) is 1. The zero-order chi connectivity index (χ0) is 21.5. The number of rotatable bonds is 9. The van der Waals surface area contributed by atoms with Gasteiger partial charge in [0.1, 0.15) is 6.04 Å². The van der Waals surface area contributed by atoms with Crippen molar-refractivity contribution < 1.29 is 19.8 Å². The number of amides is 2. The van der Waals surface area contributed by atoms with Crippen molar-refractivity contribution in [3.05, 3.63) is 71.8 Å². The Labute approximate surface area is 176 Å². The average molecular weight is 412 g/mol. The van der Waals surface area contributed by atoms with E-state index in [9.17, 15) is 19.8 Å². The Morgan fingerprint density at radius 1 is 1.10 bits per heavy atom. The van der Waals surface area contributed by atoms with Crippen LogP contribution in [0.5, 0.6) is 0 Å². The highest BCUT2D eigenvalue weighted by atomic mass is 16.4. The predicted molar refractivity (Wildman–Crippen MR) is 114 cm³/mol. The molecule has 1 heterocycles. The number of nitrogens with one attached hydrogen (secondary N) is 2. The lowest BCUT2D eigenvalue weighted by Gasteiger charge is -2.26. The summed E-state index contributed by atoms with van der Waals surface area (Å²) < 4.78 is 0. The van der Waals surface area contributed by atoms with Gasteiger partial charge in [-0.2, -0.15) is 0 Å². The van der Waals surface area contributed by atoms with Crippen molar-refractivity contribution in [2.24, 2.45) is 0 Å². The summed E-state index contributed by atoms with van der Waals surface area (Å²) in [5, 5.41) is 25.9. The van der Waals surface area contributed by atoms with Gasteiger partial charge in [0, 0.05) is 6.54 Å². The van der Waals surface area contributed by atoms with Gasteiger partial charge >= 0.3 is 6.09 Å². The molecule has 0 bridgehead atoms. The van der Waals surface area contributed by atoms with Crippen LogP contribution >= 0.6 is 0 Å². The first-order chi connectivity index (χ1) is 14.5. The number of hydrogen-bond donors (Lipinski definition) is 4. The van der Waals surface area contributed by atoms with E-state index in [1.54, 1.807) is 4.90 Å². The lowest BCUT2D eigenvalue weighted by Crippen LogP contribution is -2.54. The summed E-state index contributed by atoms with van der Waals surface area (Å²) >= 11 is 0. The van der Waals surface area contributed by atoms with Crippen molar-refractivity contribution in [1.29, 1.82) is 0 Å². The largest absolute Gasteiger partial charge is 0.465 e. The molecule has 7 heteroatoms. The van der Waals surface area contributed by atoms with Crippen molar-refractivity contribution in [2.45, 2.75) is 57.1 Å². The minimum atomic E-state index is -1.23. The molecule has 1 unspecified atom stereocenters. The molecule has 1 aliphatic heterocycles. The Balaban J connectivity index is 1.78. The molecule has 30 heavy (non-hydrogen) atoms. The van der Waals surface area contributed by atoms with Gasteiger partial charge in [-0.15, -0.1) is 0 Å². The zero-order valence-corrected chi connectivity index (χ0v) is 17.1. The molecular weight excluding hydrogens is 382 g/mol. The first kappa shape index (κ1) is 21.8. The standard InChI is InChI=1S/C23H29N3O4/c1-2-9-19-25-20(22(28)26(19)15-17-12-7-4-8-13-17)21(27)18(24-23(29)30)14-16-10-5-3-6-11-16/h3-8,10-13,18-21,24-25,27H,2,9,14-15H2,1H3,(H,29,30)/t18-,19?,20-,21+/m0/s1. The van der Waals surface area contributed by atoms with Crippen molar-refractivity contribution in [3.63, 3.8) is 0 Å². The maximum absolute atomic E-state index is 13.2. The van der Waals surface area contributed by atoms with E-state index in [1.165, 1.54) is 0 Å². The average Bonchev–Trinajstić information content (AvgIpc) is 3.04. The van der Waals surface area contributed by atoms with Gasteiger partial charge in [-0.3, -0.25) is 10.1 Å². The van der Waals surface area contributed by atoms with Crippen LogP contribution < -0.4 is 10.6 Å². The van der Waals surface area contributed by atoms with Crippen LogP contribution in [-0.2, 0) is 17.8 Å². The van der Waals surface area contributed by atoms with E-state index in [2.05, 4.69) is 10.6 Å². The van der Waals surface area contributed by atoms with Crippen LogP contribution in [0.3, 0.4) is 0 Å². The van der Waals surface area contributed by atoms with Crippen LogP contribution in [0.2, 0.25) is 0 Å². The number of aliphatic hydroxyl groups excluding tert-OH is 1. The SMILES string of the molecule is CCCC1N[C@@H]([C@H](O)[C@H](Cc2ccccc2)NC(=O)O)C(=O)N1Cc1ccccc1. The predicted octanol–water partition coefficient (Wildman–Crippen LogP) is 2.35. The van der Waals surface area contributed by atoms with E-state index < -0.39 is 24.3 Å². The van der Waals surface area contributed by atoms with E-state index in [0.29, 0.717) is 6.54 Å². The second-order valence-corrected chi connectivity index (χ2v) is 7.64. The third kappa shape index (κ3) is 5.37. The molecule has 0 spiro atoms. The summed E-state index contributed by atoms with van der Waals surface area (Å²) in [5.41, 5.74) is 1.89. The number of carbonyl (C=O) groups is 2. The minimum Gasteiger partial charge on any atom is -0.465 e. The third-order valence-corrected chi connectivity index (χ3v) is 5.42. The molecular formula is C23H29N3O4. The third-order valence-electron chi connectivity index (χ3n) is 5.42. The second-order valence-electron chi connectivity index (χ2n) is 7.64. The summed E-state index contributed by atoms with van der Waals surface area (Å²) in [6.07, 6.45) is -0.723. The summed E-state index contributed by atoms with van der Waals surface area (Å²) in [5.74, 6) is -0.213. The van der Waals surface area contributed by atoms with E-state index in [-0.39, 0.29) is 18.5 Å².